The van der Waals surface area contributed by atoms with Crippen LogP contribution in [0, 0.1) is 0 Å². The molecule has 0 aliphatic rings. The lowest BCUT2D eigenvalue weighted by Gasteiger charge is -2.26. The molecule has 0 radical (unpaired) electrons. The predicted molar refractivity (Wildman–Crippen MR) is 60.7 cm³/mol. The molecule has 0 aliphatic heterocycles. The van der Waals surface area contributed by atoms with E-state index in [1.165, 1.54) is 0 Å². The summed E-state index contributed by atoms with van der Waals surface area (Å²) in [5.41, 5.74) is 0.822. The van der Waals surface area contributed by atoms with Gasteiger partial charge in [-0.1, -0.05) is 30.3 Å². The first-order valence-corrected chi connectivity index (χ1v) is 5.19. The van der Waals surface area contributed by atoms with E-state index in [0.717, 1.165) is 11.8 Å². The summed E-state index contributed by atoms with van der Waals surface area (Å²) in [6.45, 7) is 5.98. The fourth-order valence-corrected chi connectivity index (χ4v) is 1.43. The molecule has 2 nitrogen and oxygen atoms in total. The maximum atomic E-state index is 10.6. The van der Waals surface area contributed by atoms with Gasteiger partial charge in [0.05, 0.1) is 11.7 Å². The molecule has 0 aromatic heterocycles. The third kappa shape index (κ3) is 4.26. The van der Waals surface area contributed by atoms with E-state index in [-0.39, 0.29) is 11.7 Å². The Morgan fingerprint density at radius 1 is 1.27 bits per heavy atom. The zero-order valence-electron chi connectivity index (χ0n) is 9.57. The van der Waals surface area contributed by atoms with Crippen LogP contribution in [0.5, 0.6) is 0 Å². The average molecular weight is 206 g/mol. The first kappa shape index (κ1) is 11.9. The highest BCUT2D eigenvalue weighted by Crippen LogP contribution is 2.25. The van der Waals surface area contributed by atoms with Gasteiger partial charge in [0.15, 0.2) is 0 Å². The molecule has 0 saturated heterocycles. The van der Waals surface area contributed by atoms with Crippen LogP contribution < -0.4 is 0 Å². The smallest absolute Gasteiger partial charge is 0.122 e. The SMILES string of the molecule is CC(C)(C)OC(CC=O)c1ccccc1. The predicted octanol–water partition coefficient (Wildman–Crippen LogP) is 3.13. The molecule has 0 aliphatic carbocycles. The van der Waals surface area contributed by atoms with E-state index in [2.05, 4.69) is 0 Å². The summed E-state index contributed by atoms with van der Waals surface area (Å²) in [6, 6.07) is 9.84. The zero-order chi connectivity index (χ0) is 11.3. The van der Waals surface area contributed by atoms with Crippen LogP contribution in [-0.4, -0.2) is 11.9 Å². The Morgan fingerprint density at radius 2 is 1.87 bits per heavy atom. The van der Waals surface area contributed by atoms with Gasteiger partial charge in [-0.25, -0.2) is 0 Å². The van der Waals surface area contributed by atoms with Crippen LogP contribution in [-0.2, 0) is 9.53 Å². The number of carbonyl (C=O) groups excluding carboxylic acids is 1. The highest BCUT2D eigenvalue weighted by molar-refractivity contribution is 5.51. The Bertz CT molecular complexity index is 298. The summed E-state index contributed by atoms with van der Waals surface area (Å²) >= 11 is 0. The minimum atomic E-state index is -0.233. The summed E-state index contributed by atoms with van der Waals surface area (Å²) in [5, 5.41) is 0. The van der Waals surface area contributed by atoms with Gasteiger partial charge in [-0.05, 0) is 26.3 Å². The molecule has 0 heterocycles. The van der Waals surface area contributed by atoms with E-state index in [0.29, 0.717) is 6.42 Å². The first-order valence-electron chi connectivity index (χ1n) is 5.19. The highest BCUT2D eigenvalue weighted by atomic mass is 16.5. The molecule has 2 heteroatoms. The topological polar surface area (TPSA) is 26.3 Å². The molecule has 1 rings (SSSR count). The maximum Gasteiger partial charge on any atom is 0.122 e. The van der Waals surface area contributed by atoms with Gasteiger partial charge in [0.1, 0.15) is 6.29 Å². The second-order valence-corrected chi connectivity index (χ2v) is 4.53. The van der Waals surface area contributed by atoms with Crippen LogP contribution in [0.1, 0.15) is 38.9 Å². The Morgan fingerprint density at radius 3 is 2.33 bits per heavy atom. The van der Waals surface area contributed by atoms with Crippen molar-refractivity contribution in [2.45, 2.75) is 38.9 Å². The molecule has 1 aromatic carbocycles. The Balaban J connectivity index is 2.79. The standard InChI is InChI=1S/C13H18O2/c1-13(2,3)15-12(9-10-14)11-7-5-4-6-8-11/h4-8,10,12H,9H2,1-3H3. The summed E-state index contributed by atoms with van der Waals surface area (Å²) < 4.78 is 5.83. The third-order valence-corrected chi connectivity index (χ3v) is 1.98. The molecule has 0 bridgehead atoms. The van der Waals surface area contributed by atoms with E-state index in [4.69, 9.17) is 4.74 Å². The van der Waals surface area contributed by atoms with Gasteiger partial charge in [0.25, 0.3) is 0 Å². The molecule has 1 unspecified atom stereocenters. The lowest BCUT2D eigenvalue weighted by molar-refractivity contribution is -0.114. The second-order valence-electron chi connectivity index (χ2n) is 4.53. The lowest BCUT2D eigenvalue weighted by atomic mass is 10.1. The zero-order valence-corrected chi connectivity index (χ0v) is 9.57. The molecule has 0 saturated carbocycles. The van der Waals surface area contributed by atoms with Gasteiger partial charge < -0.3 is 9.53 Å². The van der Waals surface area contributed by atoms with Crippen LogP contribution in [0.25, 0.3) is 0 Å². The van der Waals surface area contributed by atoms with E-state index in [1.54, 1.807) is 0 Å². The van der Waals surface area contributed by atoms with E-state index < -0.39 is 0 Å². The number of hydrogen-bond acceptors (Lipinski definition) is 2. The van der Waals surface area contributed by atoms with Crippen LogP contribution in [0.3, 0.4) is 0 Å². The van der Waals surface area contributed by atoms with Gasteiger partial charge >= 0.3 is 0 Å². The summed E-state index contributed by atoms with van der Waals surface area (Å²) in [5.74, 6) is 0. The largest absolute Gasteiger partial charge is 0.367 e. The normalized spacial score (nSPS) is 13.5. The number of aldehydes is 1. The van der Waals surface area contributed by atoms with Crippen molar-refractivity contribution >= 4 is 6.29 Å². The molecule has 15 heavy (non-hydrogen) atoms. The van der Waals surface area contributed by atoms with Gasteiger partial charge in [-0.3, -0.25) is 0 Å². The van der Waals surface area contributed by atoms with E-state index in [9.17, 15) is 4.79 Å². The molecule has 82 valence electrons. The molecule has 1 aromatic rings. The lowest BCUT2D eigenvalue weighted by Crippen LogP contribution is -2.22. The minimum absolute atomic E-state index is 0.135. The number of benzene rings is 1. The van der Waals surface area contributed by atoms with E-state index in [1.807, 2.05) is 51.1 Å². The monoisotopic (exact) mass is 206 g/mol. The average Bonchev–Trinajstić information content (AvgIpc) is 2.17. The van der Waals surface area contributed by atoms with Crippen LogP contribution in [0.15, 0.2) is 30.3 Å². The fourth-order valence-electron chi connectivity index (χ4n) is 1.43. The molecule has 0 N–H and O–H groups in total. The molecule has 0 fully saturated rings. The minimum Gasteiger partial charge on any atom is -0.367 e. The third-order valence-electron chi connectivity index (χ3n) is 1.98. The Labute approximate surface area is 91.3 Å². The number of carbonyl (C=O) groups is 1. The molecular weight excluding hydrogens is 188 g/mol. The number of hydrogen-bond donors (Lipinski definition) is 0. The number of ether oxygens (including phenoxy) is 1. The van der Waals surface area contributed by atoms with Crippen molar-refractivity contribution in [3.05, 3.63) is 35.9 Å². The van der Waals surface area contributed by atoms with Crippen LogP contribution >= 0.6 is 0 Å². The number of rotatable bonds is 4. The fraction of sp³-hybridized carbons (Fsp3) is 0.462. The highest BCUT2D eigenvalue weighted by Gasteiger charge is 2.19. The van der Waals surface area contributed by atoms with Crippen molar-refractivity contribution in [2.24, 2.45) is 0 Å². The van der Waals surface area contributed by atoms with Crippen molar-refractivity contribution in [1.82, 2.24) is 0 Å². The summed E-state index contributed by atoms with van der Waals surface area (Å²) in [7, 11) is 0. The molecule has 0 spiro atoms. The Hall–Kier alpha value is -1.15. The summed E-state index contributed by atoms with van der Waals surface area (Å²) in [6.07, 6.45) is 1.17. The molecule has 1 atom stereocenters. The van der Waals surface area contributed by atoms with Gasteiger partial charge in [0, 0.05) is 6.42 Å². The van der Waals surface area contributed by atoms with Crippen molar-refractivity contribution in [2.75, 3.05) is 0 Å². The maximum absolute atomic E-state index is 10.6. The van der Waals surface area contributed by atoms with Crippen molar-refractivity contribution in [3.8, 4) is 0 Å². The quantitative estimate of drug-likeness (QED) is 0.707. The Kier molecular flexibility index (Phi) is 4.04. The molecule has 0 amide bonds. The van der Waals surface area contributed by atoms with Gasteiger partial charge in [-0.2, -0.15) is 0 Å². The van der Waals surface area contributed by atoms with Crippen LogP contribution in [0.4, 0.5) is 0 Å². The van der Waals surface area contributed by atoms with Crippen molar-refractivity contribution in [1.29, 1.82) is 0 Å². The summed E-state index contributed by atoms with van der Waals surface area (Å²) in [4.78, 5) is 10.6. The first-order chi connectivity index (χ1) is 7.03. The van der Waals surface area contributed by atoms with Crippen LogP contribution in [0.2, 0.25) is 0 Å². The van der Waals surface area contributed by atoms with Crippen molar-refractivity contribution in [3.63, 3.8) is 0 Å². The van der Waals surface area contributed by atoms with Gasteiger partial charge in [-0.15, -0.1) is 0 Å². The van der Waals surface area contributed by atoms with Gasteiger partial charge in [0.2, 0.25) is 0 Å². The van der Waals surface area contributed by atoms with Crippen molar-refractivity contribution < 1.29 is 9.53 Å². The molecular formula is C13H18O2. The second kappa shape index (κ2) is 5.08. The van der Waals surface area contributed by atoms with E-state index >= 15 is 0 Å².